The van der Waals surface area contributed by atoms with Gasteiger partial charge in [0.2, 0.25) is 0 Å². The Morgan fingerprint density at radius 3 is 3.00 bits per heavy atom. The van der Waals surface area contributed by atoms with E-state index in [0.29, 0.717) is 6.54 Å². The quantitative estimate of drug-likeness (QED) is 0.737. The zero-order valence-corrected chi connectivity index (χ0v) is 12.0. The number of thiazole rings is 1. The number of hydrogen-bond acceptors (Lipinski definition) is 4. The second kappa shape index (κ2) is 5.11. The molecule has 0 aliphatic carbocycles. The lowest BCUT2D eigenvalue weighted by Crippen LogP contribution is -2.25. The van der Waals surface area contributed by atoms with Crippen molar-refractivity contribution in [1.82, 2.24) is 9.88 Å². The van der Waals surface area contributed by atoms with Crippen molar-refractivity contribution in [2.24, 2.45) is 0 Å². The zero-order valence-electron chi connectivity index (χ0n) is 10.4. The molecule has 0 spiro atoms. The Morgan fingerprint density at radius 2 is 2.21 bits per heavy atom. The third kappa shape index (κ3) is 2.52. The van der Waals surface area contributed by atoms with Crippen molar-refractivity contribution >= 4 is 38.8 Å². The molecule has 0 aliphatic heterocycles. The predicted molar refractivity (Wildman–Crippen MR) is 79.7 cm³/mol. The third-order valence-corrected chi connectivity index (χ3v) is 4.55. The Labute approximate surface area is 119 Å². The number of aromatic nitrogens is 1. The first kappa shape index (κ1) is 12.3. The van der Waals surface area contributed by atoms with Crippen LogP contribution >= 0.6 is 22.7 Å². The highest BCUT2D eigenvalue weighted by Gasteiger charge is 2.13. The molecular formula is C14H12N2OS2. The molecule has 19 heavy (non-hydrogen) atoms. The summed E-state index contributed by atoms with van der Waals surface area (Å²) in [5.74, 6) is 0.0451. The van der Waals surface area contributed by atoms with Crippen LogP contribution in [-0.4, -0.2) is 22.8 Å². The van der Waals surface area contributed by atoms with E-state index in [1.54, 1.807) is 33.1 Å². The first-order valence-electron chi connectivity index (χ1n) is 5.85. The van der Waals surface area contributed by atoms with E-state index in [4.69, 9.17) is 0 Å². The molecule has 3 nitrogen and oxygen atoms in total. The van der Waals surface area contributed by atoms with Gasteiger partial charge < -0.3 is 4.90 Å². The van der Waals surface area contributed by atoms with Crippen LogP contribution in [0.1, 0.15) is 15.2 Å². The molecule has 0 N–H and O–H groups in total. The second-order valence-electron chi connectivity index (χ2n) is 4.28. The van der Waals surface area contributed by atoms with Crippen molar-refractivity contribution < 1.29 is 4.79 Å². The number of rotatable bonds is 3. The molecule has 0 atom stereocenters. The lowest BCUT2D eigenvalue weighted by Gasteiger charge is -2.16. The molecule has 0 saturated carbocycles. The van der Waals surface area contributed by atoms with E-state index in [2.05, 4.69) is 4.98 Å². The standard InChI is InChI=1S/C14H12N2OS2/c1-16(8-11-3-2-6-18-11)14(17)10-4-5-12-13(7-10)19-9-15-12/h2-7,9H,8H2,1H3. The van der Waals surface area contributed by atoms with E-state index in [1.807, 2.05) is 42.8 Å². The van der Waals surface area contributed by atoms with Crippen LogP contribution in [0, 0.1) is 0 Å². The van der Waals surface area contributed by atoms with Crippen LogP contribution in [0.5, 0.6) is 0 Å². The summed E-state index contributed by atoms with van der Waals surface area (Å²) in [6, 6.07) is 9.70. The van der Waals surface area contributed by atoms with Crippen LogP contribution in [0.2, 0.25) is 0 Å². The molecule has 0 radical (unpaired) electrons. The predicted octanol–water partition coefficient (Wildman–Crippen LogP) is 3.63. The number of carbonyl (C=O) groups is 1. The fraction of sp³-hybridized carbons (Fsp3) is 0.143. The van der Waals surface area contributed by atoms with Crippen LogP contribution in [0.4, 0.5) is 0 Å². The fourth-order valence-electron chi connectivity index (χ4n) is 1.92. The van der Waals surface area contributed by atoms with Gasteiger partial charge in [-0.2, -0.15) is 0 Å². The molecule has 0 aliphatic rings. The van der Waals surface area contributed by atoms with Crippen molar-refractivity contribution in [2.45, 2.75) is 6.54 Å². The van der Waals surface area contributed by atoms with Gasteiger partial charge in [0.15, 0.2) is 0 Å². The molecular weight excluding hydrogens is 276 g/mol. The van der Waals surface area contributed by atoms with Crippen molar-refractivity contribution in [3.8, 4) is 0 Å². The Hall–Kier alpha value is -1.72. The number of amides is 1. The molecule has 1 amide bonds. The lowest BCUT2D eigenvalue weighted by molar-refractivity contribution is 0.0786. The average molecular weight is 288 g/mol. The molecule has 0 unspecified atom stereocenters. The molecule has 96 valence electrons. The molecule has 3 rings (SSSR count). The van der Waals surface area contributed by atoms with E-state index >= 15 is 0 Å². The summed E-state index contributed by atoms with van der Waals surface area (Å²) in [4.78, 5) is 19.5. The van der Waals surface area contributed by atoms with Crippen LogP contribution in [0.15, 0.2) is 41.2 Å². The maximum Gasteiger partial charge on any atom is 0.253 e. The summed E-state index contributed by atoms with van der Waals surface area (Å²) >= 11 is 3.22. The molecule has 5 heteroatoms. The fourth-order valence-corrected chi connectivity index (χ4v) is 3.39. The number of hydrogen-bond donors (Lipinski definition) is 0. The molecule has 2 heterocycles. The minimum absolute atomic E-state index is 0.0451. The van der Waals surface area contributed by atoms with Crippen molar-refractivity contribution in [2.75, 3.05) is 7.05 Å². The molecule has 0 saturated heterocycles. The van der Waals surface area contributed by atoms with Gasteiger partial charge in [0, 0.05) is 17.5 Å². The minimum Gasteiger partial charge on any atom is -0.337 e. The molecule has 3 aromatic rings. The SMILES string of the molecule is CN(Cc1cccs1)C(=O)c1ccc2ncsc2c1. The number of thiophene rings is 1. The number of nitrogens with zero attached hydrogens (tertiary/aromatic N) is 2. The summed E-state index contributed by atoms with van der Waals surface area (Å²) in [5, 5.41) is 2.02. The van der Waals surface area contributed by atoms with E-state index in [-0.39, 0.29) is 5.91 Å². The number of benzene rings is 1. The van der Waals surface area contributed by atoms with Crippen LogP contribution < -0.4 is 0 Å². The van der Waals surface area contributed by atoms with Gasteiger partial charge in [-0.15, -0.1) is 22.7 Å². The highest BCUT2D eigenvalue weighted by molar-refractivity contribution is 7.16. The topological polar surface area (TPSA) is 33.2 Å². The van der Waals surface area contributed by atoms with Gasteiger partial charge in [-0.1, -0.05) is 6.07 Å². The van der Waals surface area contributed by atoms with Crippen LogP contribution in [-0.2, 0) is 6.54 Å². The highest BCUT2D eigenvalue weighted by atomic mass is 32.1. The Morgan fingerprint density at radius 1 is 1.32 bits per heavy atom. The molecule has 1 aromatic carbocycles. The Bertz CT molecular complexity index is 703. The number of fused-ring (bicyclic) bond motifs is 1. The van der Waals surface area contributed by atoms with Crippen LogP contribution in [0.25, 0.3) is 10.2 Å². The summed E-state index contributed by atoms with van der Waals surface area (Å²) in [5.41, 5.74) is 3.46. The zero-order chi connectivity index (χ0) is 13.2. The molecule has 2 aromatic heterocycles. The summed E-state index contributed by atoms with van der Waals surface area (Å²) < 4.78 is 1.05. The van der Waals surface area contributed by atoms with Gasteiger partial charge in [-0.05, 0) is 29.6 Å². The second-order valence-corrected chi connectivity index (χ2v) is 6.19. The maximum absolute atomic E-state index is 12.4. The summed E-state index contributed by atoms with van der Waals surface area (Å²) in [6.45, 7) is 0.650. The van der Waals surface area contributed by atoms with Crippen LogP contribution in [0.3, 0.4) is 0 Å². The lowest BCUT2D eigenvalue weighted by atomic mass is 10.2. The van der Waals surface area contributed by atoms with Gasteiger partial charge >= 0.3 is 0 Å². The van der Waals surface area contributed by atoms with E-state index in [1.165, 1.54) is 4.88 Å². The summed E-state index contributed by atoms with van der Waals surface area (Å²) in [7, 11) is 1.83. The van der Waals surface area contributed by atoms with Crippen molar-refractivity contribution in [3.63, 3.8) is 0 Å². The Kier molecular flexibility index (Phi) is 3.31. The third-order valence-electron chi connectivity index (χ3n) is 2.90. The maximum atomic E-state index is 12.4. The normalized spacial score (nSPS) is 10.8. The first-order valence-corrected chi connectivity index (χ1v) is 7.61. The largest absolute Gasteiger partial charge is 0.337 e. The van der Waals surface area contributed by atoms with Gasteiger partial charge in [0.05, 0.1) is 22.3 Å². The van der Waals surface area contributed by atoms with E-state index in [0.717, 1.165) is 15.8 Å². The molecule has 0 bridgehead atoms. The molecule has 0 fully saturated rings. The number of carbonyl (C=O) groups excluding carboxylic acids is 1. The monoisotopic (exact) mass is 288 g/mol. The van der Waals surface area contributed by atoms with Gasteiger partial charge in [0.1, 0.15) is 0 Å². The minimum atomic E-state index is 0.0451. The van der Waals surface area contributed by atoms with Gasteiger partial charge in [0.25, 0.3) is 5.91 Å². The first-order chi connectivity index (χ1) is 9.24. The average Bonchev–Trinajstić information content (AvgIpc) is 3.07. The van der Waals surface area contributed by atoms with E-state index in [9.17, 15) is 4.79 Å². The smallest absolute Gasteiger partial charge is 0.253 e. The van der Waals surface area contributed by atoms with Gasteiger partial charge in [-0.25, -0.2) is 4.98 Å². The van der Waals surface area contributed by atoms with Crippen molar-refractivity contribution in [3.05, 3.63) is 51.7 Å². The highest BCUT2D eigenvalue weighted by Crippen LogP contribution is 2.20. The van der Waals surface area contributed by atoms with Gasteiger partial charge in [-0.3, -0.25) is 4.79 Å². The van der Waals surface area contributed by atoms with Crippen molar-refractivity contribution in [1.29, 1.82) is 0 Å². The summed E-state index contributed by atoms with van der Waals surface area (Å²) in [6.07, 6.45) is 0. The Balaban J connectivity index is 1.82. The van der Waals surface area contributed by atoms with E-state index < -0.39 is 0 Å².